The normalized spacial score (nSPS) is 10.2. The third-order valence-electron chi connectivity index (χ3n) is 2.91. The number of carboxylic acid groups (broad SMARTS) is 1. The molecule has 0 saturated heterocycles. The molecule has 2 aromatic carbocycles. The fourth-order valence-corrected chi connectivity index (χ4v) is 1.75. The average molecular weight is 289 g/mol. The summed E-state index contributed by atoms with van der Waals surface area (Å²) in [6.07, 6.45) is 0. The van der Waals surface area contributed by atoms with E-state index in [1.807, 2.05) is 0 Å². The van der Waals surface area contributed by atoms with Gasteiger partial charge in [-0.2, -0.15) is 0 Å². The third-order valence-corrected chi connectivity index (χ3v) is 2.91. The number of amides is 1. The molecule has 0 aliphatic rings. The molecule has 0 aliphatic carbocycles. The number of anilines is 1. The van der Waals surface area contributed by atoms with Crippen molar-refractivity contribution < 1.29 is 24.2 Å². The minimum Gasteiger partial charge on any atom is -0.506 e. The van der Waals surface area contributed by atoms with Crippen molar-refractivity contribution >= 4 is 17.6 Å². The molecule has 0 saturated carbocycles. The van der Waals surface area contributed by atoms with Gasteiger partial charge < -0.3 is 15.5 Å². The Morgan fingerprint density at radius 2 is 1.76 bits per heavy atom. The molecule has 0 unspecified atom stereocenters. The molecule has 3 N–H and O–H groups in total. The fraction of sp³-hybridized carbons (Fsp3) is 0.0667. The van der Waals surface area contributed by atoms with Crippen LogP contribution in [0.5, 0.6) is 5.75 Å². The molecule has 0 fully saturated rings. The SMILES string of the molecule is Cc1cc(C(=O)Nc2cc(C(=O)O)ccc2O)ccc1F. The Labute approximate surface area is 119 Å². The molecule has 0 aliphatic heterocycles. The van der Waals surface area contributed by atoms with Crippen LogP contribution in [0, 0.1) is 12.7 Å². The average Bonchev–Trinajstić information content (AvgIpc) is 2.43. The summed E-state index contributed by atoms with van der Waals surface area (Å²) in [4.78, 5) is 22.9. The lowest BCUT2D eigenvalue weighted by Gasteiger charge is -2.09. The van der Waals surface area contributed by atoms with Crippen molar-refractivity contribution in [3.8, 4) is 5.75 Å². The van der Waals surface area contributed by atoms with Crippen LogP contribution in [0.4, 0.5) is 10.1 Å². The van der Waals surface area contributed by atoms with E-state index in [0.717, 1.165) is 12.1 Å². The van der Waals surface area contributed by atoms with E-state index in [1.54, 1.807) is 0 Å². The number of aryl methyl sites for hydroxylation is 1. The van der Waals surface area contributed by atoms with Gasteiger partial charge in [-0.25, -0.2) is 9.18 Å². The lowest BCUT2D eigenvalue weighted by atomic mass is 10.1. The second kappa shape index (κ2) is 5.62. The number of aromatic carboxylic acids is 1. The largest absolute Gasteiger partial charge is 0.506 e. The highest BCUT2D eigenvalue weighted by atomic mass is 19.1. The smallest absolute Gasteiger partial charge is 0.335 e. The first-order valence-corrected chi connectivity index (χ1v) is 6.02. The van der Waals surface area contributed by atoms with E-state index in [9.17, 15) is 19.1 Å². The van der Waals surface area contributed by atoms with Gasteiger partial charge in [0.15, 0.2) is 0 Å². The van der Waals surface area contributed by atoms with Crippen LogP contribution in [0.25, 0.3) is 0 Å². The van der Waals surface area contributed by atoms with Gasteiger partial charge in [-0.05, 0) is 48.9 Å². The number of carboxylic acids is 1. The summed E-state index contributed by atoms with van der Waals surface area (Å²) < 4.78 is 13.2. The van der Waals surface area contributed by atoms with Crippen molar-refractivity contribution in [2.75, 3.05) is 5.32 Å². The molecule has 0 spiro atoms. The zero-order valence-corrected chi connectivity index (χ0v) is 11.1. The summed E-state index contributed by atoms with van der Waals surface area (Å²) in [5.74, 6) is -2.44. The summed E-state index contributed by atoms with van der Waals surface area (Å²) >= 11 is 0. The van der Waals surface area contributed by atoms with Crippen molar-refractivity contribution in [2.45, 2.75) is 6.92 Å². The first kappa shape index (κ1) is 14.5. The molecule has 0 radical (unpaired) electrons. The Balaban J connectivity index is 2.28. The molecule has 1 amide bonds. The molecule has 0 heterocycles. The maximum atomic E-state index is 13.2. The molecule has 0 aromatic heterocycles. The van der Waals surface area contributed by atoms with Gasteiger partial charge >= 0.3 is 5.97 Å². The topological polar surface area (TPSA) is 86.6 Å². The standard InChI is InChI=1S/C15H12FNO4/c1-8-6-9(2-4-11(8)16)14(19)17-12-7-10(15(20)21)3-5-13(12)18/h2-7,18H,1H3,(H,17,19)(H,20,21). The van der Waals surface area contributed by atoms with E-state index in [0.29, 0.717) is 5.56 Å². The minimum absolute atomic E-state index is 0.0260. The first-order valence-electron chi connectivity index (χ1n) is 6.02. The molecular formula is C15H12FNO4. The maximum Gasteiger partial charge on any atom is 0.335 e. The highest BCUT2D eigenvalue weighted by Crippen LogP contribution is 2.25. The molecule has 21 heavy (non-hydrogen) atoms. The lowest BCUT2D eigenvalue weighted by molar-refractivity contribution is 0.0696. The van der Waals surface area contributed by atoms with E-state index in [-0.39, 0.29) is 22.6 Å². The summed E-state index contributed by atoms with van der Waals surface area (Å²) in [6, 6.07) is 7.37. The molecule has 6 heteroatoms. The van der Waals surface area contributed by atoms with E-state index < -0.39 is 17.7 Å². The van der Waals surface area contributed by atoms with Gasteiger partial charge in [0.2, 0.25) is 0 Å². The number of nitrogens with one attached hydrogen (secondary N) is 1. The van der Waals surface area contributed by atoms with E-state index >= 15 is 0 Å². The molecule has 2 rings (SSSR count). The second-order valence-electron chi connectivity index (χ2n) is 4.46. The summed E-state index contributed by atoms with van der Waals surface area (Å²) in [7, 11) is 0. The van der Waals surface area contributed by atoms with Crippen molar-refractivity contribution in [1.82, 2.24) is 0 Å². The Bertz CT molecular complexity index is 728. The van der Waals surface area contributed by atoms with Crippen LogP contribution < -0.4 is 5.32 Å². The van der Waals surface area contributed by atoms with Crippen LogP contribution in [0.3, 0.4) is 0 Å². The number of carbonyl (C=O) groups excluding carboxylic acids is 1. The number of halogens is 1. The fourth-order valence-electron chi connectivity index (χ4n) is 1.75. The molecular weight excluding hydrogens is 277 g/mol. The number of hydrogen-bond donors (Lipinski definition) is 3. The summed E-state index contributed by atoms with van der Waals surface area (Å²) in [5, 5.41) is 20.9. The molecule has 2 aromatic rings. The number of carbonyl (C=O) groups is 2. The number of aromatic hydroxyl groups is 1. The predicted molar refractivity (Wildman–Crippen MR) is 74.2 cm³/mol. The highest BCUT2D eigenvalue weighted by Gasteiger charge is 2.13. The monoisotopic (exact) mass is 289 g/mol. The zero-order chi connectivity index (χ0) is 15.6. The third kappa shape index (κ3) is 3.17. The quantitative estimate of drug-likeness (QED) is 0.758. The van der Waals surface area contributed by atoms with Gasteiger partial charge in [0, 0.05) is 5.56 Å². The molecule has 5 nitrogen and oxygen atoms in total. The summed E-state index contributed by atoms with van der Waals surface area (Å²) in [6.45, 7) is 1.52. The Morgan fingerprint density at radius 1 is 1.10 bits per heavy atom. The number of phenols is 1. The van der Waals surface area contributed by atoms with Crippen molar-refractivity contribution in [3.05, 3.63) is 58.9 Å². The number of phenolic OH excluding ortho intramolecular Hbond substituents is 1. The van der Waals surface area contributed by atoms with Gasteiger partial charge in [0.1, 0.15) is 11.6 Å². The Morgan fingerprint density at radius 3 is 2.38 bits per heavy atom. The lowest BCUT2D eigenvalue weighted by Crippen LogP contribution is -2.13. The molecule has 0 bridgehead atoms. The van der Waals surface area contributed by atoms with Crippen LogP contribution in [-0.2, 0) is 0 Å². The number of hydrogen-bond acceptors (Lipinski definition) is 3. The van der Waals surface area contributed by atoms with E-state index in [2.05, 4.69) is 5.32 Å². The van der Waals surface area contributed by atoms with Crippen molar-refractivity contribution in [1.29, 1.82) is 0 Å². The van der Waals surface area contributed by atoms with Gasteiger partial charge in [-0.1, -0.05) is 0 Å². The predicted octanol–water partition coefficient (Wildman–Crippen LogP) is 2.79. The van der Waals surface area contributed by atoms with Gasteiger partial charge in [-0.3, -0.25) is 4.79 Å². The van der Waals surface area contributed by atoms with Gasteiger partial charge in [0.05, 0.1) is 11.3 Å². The second-order valence-corrected chi connectivity index (χ2v) is 4.46. The van der Waals surface area contributed by atoms with Crippen molar-refractivity contribution in [2.24, 2.45) is 0 Å². The van der Waals surface area contributed by atoms with Crippen LogP contribution >= 0.6 is 0 Å². The maximum absolute atomic E-state index is 13.2. The first-order chi connectivity index (χ1) is 9.88. The van der Waals surface area contributed by atoms with Crippen LogP contribution in [0.15, 0.2) is 36.4 Å². The van der Waals surface area contributed by atoms with Gasteiger partial charge in [0.25, 0.3) is 5.91 Å². The van der Waals surface area contributed by atoms with E-state index in [4.69, 9.17) is 5.11 Å². The number of benzene rings is 2. The number of rotatable bonds is 3. The Hall–Kier alpha value is -2.89. The van der Waals surface area contributed by atoms with E-state index in [1.165, 1.54) is 31.2 Å². The van der Waals surface area contributed by atoms with Crippen LogP contribution in [0.1, 0.15) is 26.3 Å². The summed E-state index contributed by atoms with van der Waals surface area (Å²) in [5.41, 5.74) is 0.417. The Kier molecular flexibility index (Phi) is 3.89. The van der Waals surface area contributed by atoms with Crippen LogP contribution in [0.2, 0.25) is 0 Å². The van der Waals surface area contributed by atoms with Crippen molar-refractivity contribution in [3.63, 3.8) is 0 Å². The molecule has 108 valence electrons. The minimum atomic E-state index is -1.18. The molecule has 0 atom stereocenters. The zero-order valence-electron chi connectivity index (χ0n) is 11.1. The van der Waals surface area contributed by atoms with Crippen LogP contribution in [-0.4, -0.2) is 22.1 Å². The van der Waals surface area contributed by atoms with Gasteiger partial charge in [-0.15, -0.1) is 0 Å². The highest BCUT2D eigenvalue weighted by molar-refractivity contribution is 6.05.